The number of aryl methyl sites for hydroxylation is 1. The van der Waals surface area contributed by atoms with Gasteiger partial charge in [-0.25, -0.2) is 0 Å². The van der Waals surface area contributed by atoms with Gasteiger partial charge in [-0.1, -0.05) is 48.5 Å². The molecule has 1 heterocycles. The van der Waals surface area contributed by atoms with Crippen LogP contribution in [0.1, 0.15) is 24.8 Å². The van der Waals surface area contributed by atoms with Crippen LogP contribution in [0.3, 0.4) is 0 Å². The van der Waals surface area contributed by atoms with Gasteiger partial charge < -0.3 is 10.2 Å². The van der Waals surface area contributed by atoms with Gasteiger partial charge in [-0.15, -0.1) is 0 Å². The molecular formula is C21H24N2O2. The highest BCUT2D eigenvalue weighted by Crippen LogP contribution is 2.24. The van der Waals surface area contributed by atoms with E-state index >= 15 is 0 Å². The molecule has 130 valence electrons. The van der Waals surface area contributed by atoms with E-state index in [9.17, 15) is 9.59 Å². The average Bonchev–Trinajstić information content (AvgIpc) is 3.05. The zero-order valence-electron chi connectivity index (χ0n) is 14.4. The van der Waals surface area contributed by atoms with Crippen molar-refractivity contribution in [2.75, 3.05) is 18.0 Å². The molecule has 0 saturated carbocycles. The van der Waals surface area contributed by atoms with Crippen LogP contribution in [0.25, 0.3) is 0 Å². The molecule has 3 rings (SSSR count). The smallest absolute Gasteiger partial charge is 0.227 e. The summed E-state index contributed by atoms with van der Waals surface area (Å²) in [5.41, 5.74) is 2.19. The zero-order chi connectivity index (χ0) is 17.5. The molecular weight excluding hydrogens is 312 g/mol. The van der Waals surface area contributed by atoms with Crippen LogP contribution in [-0.2, 0) is 16.0 Å². The molecule has 0 aromatic heterocycles. The number of unbranched alkanes of at least 4 members (excludes halogenated alkanes) is 1. The number of carbonyl (C=O) groups excluding carboxylic acids is 2. The molecule has 1 saturated heterocycles. The van der Waals surface area contributed by atoms with E-state index in [1.165, 1.54) is 5.56 Å². The van der Waals surface area contributed by atoms with E-state index in [1.807, 2.05) is 48.5 Å². The lowest BCUT2D eigenvalue weighted by Crippen LogP contribution is -2.33. The third kappa shape index (κ3) is 4.69. The third-order valence-electron chi connectivity index (χ3n) is 4.60. The van der Waals surface area contributed by atoms with Crippen LogP contribution in [0.15, 0.2) is 60.7 Å². The number of benzene rings is 2. The lowest BCUT2D eigenvalue weighted by Gasteiger charge is -2.16. The van der Waals surface area contributed by atoms with Crippen molar-refractivity contribution in [3.05, 3.63) is 66.2 Å². The second kappa shape index (κ2) is 8.47. The highest BCUT2D eigenvalue weighted by molar-refractivity contribution is 6.00. The van der Waals surface area contributed by atoms with Crippen molar-refractivity contribution in [2.24, 2.45) is 5.92 Å². The fraction of sp³-hybridized carbons (Fsp3) is 0.333. The lowest BCUT2D eigenvalue weighted by molar-refractivity contribution is -0.126. The minimum Gasteiger partial charge on any atom is -0.356 e. The molecule has 2 aromatic rings. The summed E-state index contributed by atoms with van der Waals surface area (Å²) in [5.74, 6) is -0.233. The van der Waals surface area contributed by atoms with Gasteiger partial charge in [0.05, 0.1) is 5.92 Å². The van der Waals surface area contributed by atoms with Crippen LogP contribution in [0.2, 0.25) is 0 Å². The minimum absolute atomic E-state index is 0.00788. The van der Waals surface area contributed by atoms with Gasteiger partial charge in [0.1, 0.15) is 0 Å². The highest BCUT2D eigenvalue weighted by atomic mass is 16.2. The highest BCUT2D eigenvalue weighted by Gasteiger charge is 2.34. The van der Waals surface area contributed by atoms with E-state index in [4.69, 9.17) is 0 Å². The average molecular weight is 336 g/mol. The Morgan fingerprint density at radius 1 is 1.00 bits per heavy atom. The summed E-state index contributed by atoms with van der Waals surface area (Å²) >= 11 is 0. The largest absolute Gasteiger partial charge is 0.356 e. The molecule has 0 radical (unpaired) electrons. The molecule has 25 heavy (non-hydrogen) atoms. The first-order valence-electron chi connectivity index (χ1n) is 8.91. The van der Waals surface area contributed by atoms with Gasteiger partial charge >= 0.3 is 0 Å². The number of rotatable bonds is 7. The standard InChI is InChI=1S/C21H24N2O2/c24-20-15-18(16-23(20)19-12-5-2-6-13-19)21(25)22-14-8-7-11-17-9-3-1-4-10-17/h1-6,9-10,12-13,18H,7-8,11,14-16H2,(H,22,25)/t18-/m1/s1. The van der Waals surface area contributed by atoms with Crippen LogP contribution >= 0.6 is 0 Å². The molecule has 0 bridgehead atoms. The number of anilines is 1. The van der Waals surface area contributed by atoms with Gasteiger partial charge in [0.2, 0.25) is 11.8 Å². The number of hydrogen-bond acceptors (Lipinski definition) is 2. The van der Waals surface area contributed by atoms with Gasteiger partial charge in [0, 0.05) is 25.2 Å². The monoisotopic (exact) mass is 336 g/mol. The number of amides is 2. The lowest BCUT2D eigenvalue weighted by atomic mass is 10.1. The van der Waals surface area contributed by atoms with Gasteiger partial charge in [0.15, 0.2) is 0 Å². The van der Waals surface area contributed by atoms with Crippen LogP contribution in [0.5, 0.6) is 0 Å². The number of hydrogen-bond donors (Lipinski definition) is 1. The van der Waals surface area contributed by atoms with Crippen molar-refractivity contribution < 1.29 is 9.59 Å². The normalized spacial score (nSPS) is 16.9. The Morgan fingerprint density at radius 3 is 2.40 bits per heavy atom. The predicted octanol–water partition coefficient (Wildman–Crippen LogP) is 3.18. The number of nitrogens with zero attached hydrogens (tertiary/aromatic N) is 1. The van der Waals surface area contributed by atoms with E-state index in [1.54, 1.807) is 4.90 Å². The van der Waals surface area contributed by atoms with Crippen LogP contribution in [-0.4, -0.2) is 24.9 Å². The maximum Gasteiger partial charge on any atom is 0.227 e. The summed E-state index contributed by atoms with van der Waals surface area (Å²) in [4.78, 5) is 26.2. The molecule has 4 heteroatoms. The van der Waals surface area contributed by atoms with Gasteiger partial charge in [-0.3, -0.25) is 9.59 Å². The van der Waals surface area contributed by atoms with Crippen molar-refractivity contribution in [3.63, 3.8) is 0 Å². The first-order valence-corrected chi connectivity index (χ1v) is 8.91. The Balaban J connectivity index is 1.39. The van der Waals surface area contributed by atoms with E-state index in [-0.39, 0.29) is 17.7 Å². The maximum atomic E-state index is 12.3. The molecule has 2 amide bonds. The zero-order valence-corrected chi connectivity index (χ0v) is 14.4. The topological polar surface area (TPSA) is 49.4 Å². The Labute approximate surface area is 148 Å². The Bertz CT molecular complexity index is 700. The van der Waals surface area contributed by atoms with Gasteiger partial charge in [-0.2, -0.15) is 0 Å². The molecule has 1 aliphatic heterocycles. The first kappa shape index (κ1) is 17.2. The predicted molar refractivity (Wildman–Crippen MR) is 99.3 cm³/mol. The van der Waals surface area contributed by atoms with E-state index in [0.29, 0.717) is 19.5 Å². The Kier molecular flexibility index (Phi) is 5.83. The molecule has 1 atom stereocenters. The van der Waals surface area contributed by atoms with Crippen molar-refractivity contribution in [2.45, 2.75) is 25.7 Å². The summed E-state index contributed by atoms with van der Waals surface area (Å²) in [6.07, 6.45) is 3.32. The SMILES string of the molecule is O=C(NCCCCc1ccccc1)[C@@H]1CC(=O)N(c2ccccc2)C1. The molecule has 1 fully saturated rings. The summed E-state index contributed by atoms with van der Waals surface area (Å²) in [6.45, 7) is 1.14. The minimum atomic E-state index is -0.248. The van der Waals surface area contributed by atoms with E-state index in [2.05, 4.69) is 17.4 Å². The Morgan fingerprint density at radius 2 is 1.68 bits per heavy atom. The second-order valence-corrected chi connectivity index (χ2v) is 6.47. The fourth-order valence-electron chi connectivity index (χ4n) is 3.20. The molecule has 1 aliphatic rings. The van der Waals surface area contributed by atoms with Crippen LogP contribution in [0.4, 0.5) is 5.69 Å². The second-order valence-electron chi connectivity index (χ2n) is 6.47. The number of carbonyl (C=O) groups is 2. The fourth-order valence-corrected chi connectivity index (χ4v) is 3.20. The Hall–Kier alpha value is -2.62. The molecule has 0 unspecified atom stereocenters. The quantitative estimate of drug-likeness (QED) is 0.790. The first-order chi connectivity index (χ1) is 12.2. The van der Waals surface area contributed by atoms with Gasteiger partial charge in [-0.05, 0) is 37.0 Å². The van der Waals surface area contributed by atoms with E-state index < -0.39 is 0 Å². The van der Waals surface area contributed by atoms with Crippen molar-refractivity contribution in [3.8, 4) is 0 Å². The third-order valence-corrected chi connectivity index (χ3v) is 4.60. The molecule has 4 nitrogen and oxygen atoms in total. The van der Waals surface area contributed by atoms with Crippen molar-refractivity contribution in [1.29, 1.82) is 0 Å². The number of nitrogens with one attached hydrogen (secondary N) is 1. The number of para-hydroxylation sites is 1. The van der Waals surface area contributed by atoms with Gasteiger partial charge in [0.25, 0.3) is 0 Å². The molecule has 0 aliphatic carbocycles. The van der Waals surface area contributed by atoms with Crippen molar-refractivity contribution in [1.82, 2.24) is 5.32 Å². The van der Waals surface area contributed by atoms with Crippen molar-refractivity contribution >= 4 is 17.5 Å². The summed E-state index contributed by atoms with van der Waals surface area (Å²) in [6, 6.07) is 19.9. The van der Waals surface area contributed by atoms with Crippen LogP contribution in [0, 0.1) is 5.92 Å². The summed E-state index contributed by atoms with van der Waals surface area (Å²) in [5, 5.41) is 2.99. The molecule has 0 spiro atoms. The van der Waals surface area contributed by atoms with Crippen LogP contribution < -0.4 is 10.2 Å². The van der Waals surface area contributed by atoms with E-state index in [0.717, 1.165) is 24.9 Å². The molecule has 1 N–H and O–H groups in total. The summed E-state index contributed by atoms with van der Waals surface area (Å²) < 4.78 is 0. The maximum absolute atomic E-state index is 12.3. The summed E-state index contributed by atoms with van der Waals surface area (Å²) in [7, 11) is 0. The molecule has 2 aromatic carbocycles.